The highest BCUT2D eigenvalue weighted by molar-refractivity contribution is 5.01. The smallest absolute Gasteiger partial charge is 0.0741 e. The van der Waals surface area contributed by atoms with Crippen molar-refractivity contribution in [3.05, 3.63) is 0 Å². The quantitative estimate of drug-likeness (QED) is 0.776. The molecular weight excluding hydrogens is 226 g/mol. The molecule has 1 N–H and O–H groups in total. The van der Waals surface area contributed by atoms with Gasteiger partial charge in [0.25, 0.3) is 0 Å². The van der Waals surface area contributed by atoms with Gasteiger partial charge in [0.1, 0.15) is 0 Å². The van der Waals surface area contributed by atoms with Gasteiger partial charge in [-0.15, -0.1) is 6.42 Å². The van der Waals surface area contributed by atoms with Gasteiger partial charge in [-0.2, -0.15) is 0 Å². The first kappa shape index (κ1) is 13.9. The summed E-state index contributed by atoms with van der Waals surface area (Å²) in [4.78, 5) is 0. The third kappa shape index (κ3) is 3.47. The number of hydrogen-bond donors (Lipinski definition) is 1. The van der Waals surface area contributed by atoms with Crippen molar-refractivity contribution in [1.82, 2.24) is 5.32 Å². The number of terminal acetylenes is 1. The fourth-order valence-electron chi connectivity index (χ4n) is 3.05. The molecule has 1 spiro atoms. The van der Waals surface area contributed by atoms with Crippen LogP contribution in [0.15, 0.2) is 0 Å². The second-order valence-electron chi connectivity index (χ2n) is 5.51. The van der Waals surface area contributed by atoms with E-state index in [0.29, 0.717) is 6.04 Å². The van der Waals surface area contributed by atoms with Crippen LogP contribution < -0.4 is 5.32 Å². The fraction of sp³-hybridized carbons (Fsp3) is 0.867. The molecule has 2 heterocycles. The van der Waals surface area contributed by atoms with Gasteiger partial charge >= 0.3 is 0 Å². The van der Waals surface area contributed by atoms with Crippen LogP contribution in [0.25, 0.3) is 0 Å². The lowest BCUT2D eigenvalue weighted by atomic mass is 9.84. The Balaban J connectivity index is 1.88. The minimum absolute atomic E-state index is 0.0551. The number of ether oxygens (including phenoxy) is 2. The Bertz CT molecular complexity index is 286. The maximum Gasteiger partial charge on any atom is 0.0741 e. The molecule has 0 aromatic rings. The van der Waals surface area contributed by atoms with Gasteiger partial charge in [-0.25, -0.2) is 0 Å². The fourth-order valence-corrected chi connectivity index (χ4v) is 3.05. The molecule has 0 bridgehead atoms. The number of hydrogen-bond acceptors (Lipinski definition) is 3. The van der Waals surface area contributed by atoms with Crippen molar-refractivity contribution in [2.24, 2.45) is 0 Å². The van der Waals surface area contributed by atoms with Crippen LogP contribution in [0.1, 0.15) is 45.4 Å². The summed E-state index contributed by atoms with van der Waals surface area (Å²) in [5, 5.41) is 3.62. The monoisotopic (exact) mass is 251 g/mol. The molecule has 2 saturated heterocycles. The van der Waals surface area contributed by atoms with Crippen LogP contribution in [0.4, 0.5) is 0 Å². The first-order chi connectivity index (χ1) is 8.78. The van der Waals surface area contributed by atoms with Crippen LogP contribution in [0.3, 0.4) is 0 Å². The molecule has 0 aliphatic carbocycles. The van der Waals surface area contributed by atoms with Crippen LogP contribution in [0.2, 0.25) is 0 Å². The van der Waals surface area contributed by atoms with Gasteiger partial charge in [-0.05, 0) is 32.1 Å². The molecule has 0 radical (unpaired) electrons. The first-order valence-corrected chi connectivity index (χ1v) is 7.22. The van der Waals surface area contributed by atoms with E-state index in [1.54, 1.807) is 0 Å². The summed E-state index contributed by atoms with van der Waals surface area (Å²) in [6.45, 7) is 4.69. The number of rotatable bonds is 4. The standard InChI is InChI=1S/C15H25NO2/c1-3-5-13(4-2)16-14-6-9-18-15(12-14)7-10-17-11-8-15/h2,13-14,16H,3,5-12H2,1H3. The number of nitrogens with one attached hydrogen (secondary N) is 1. The lowest BCUT2D eigenvalue weighted by Gasteiger charge is -2.44. The van der Waals surface area contributed by atoms with Crippen LogP contribution in [-0.2, 0) is 9.47 Å². The summed E-state index contributed by atoms with van der Waals surface area (Å²) in [7, 11) is 0. The lowest BCUT2D eigenvalue weighted by molar-refractivity contribution is -0.140. The van der Waals surface area contributed by atoms with Crippen molar-refractivity contribution >= 4 is 0 Å². The van der Waals surface area contributed by atoms with Crippen LogP contribution in [0.5, 0.6) is 0 Å². The Kier molecular flexibility index (Phi) is 5.05. The third-order valence-electron chi connectivity index (χ3n) is 4.11. The Morgan fingerprint density at radius 3 is 2.83 bits per heavy atom. The maximum absolute atomic E-state index is 6.04. The molecule has 2 aliphatic heterocycles. The highest BCUT2D eigenvalue weighted by atomic mass is 16.5. The molecule has 18 heavy (non-hydrogen) atoms. The normalized spacial score (nSPS) is 28.8. The van der Waals surface area contributed by atoms with E-state index in [4.69, 9.17) is 15.9 Å². The maximum atomic E-state index is 6.04. The SMILES string of the molecule is C#CC(CCC)NC1CCOC2(CCOCC2)C1. The van der Waals surface area contributed by atoms with Gasteiger partial charge in [-0.1, -0.05) is 19.3 Å². The highest BCUT2D eigenvalue weighted by Gasteiger charge is 2.39. The summed E-state index contributed by atoms with van der Waals surface area (Å²) < 4.78 is 11.5. The van der Waals surface area contributed by atoms with Crippen molar-refractivity contribution in [3.8, 4) is 12.3 Å². The third-order valence-corrected chi connectivity index (χ3v) is 4.11. The zero-order chi connectivity index (χ0) is 12.8. The molecule has 2 unspecified atom stereocenters. The van der Waals surface area contributed by atoms with Crippen molar-refractivity contribution in [2.45, 2.75) is 63.1 Å². The molecule has 2 atom stereocenters. The van der Waals surface area contributed by atoms with Crippen molar-refractivity contribution in [3.63, 3.8) is 0 Å². The van der Waals surface area contributed by atoms with Gasteiger partial charge in [-0.3, -0.25) is 0 Å². The van der Waals surface area contributed by atoms with E-state index in [2.05, 4.69) is 18.2 Å². The van der Waals surface area contributed by atoms with Gasteiger partial charge in [0.2, 0.25) is 0 Å². The summed E-state index contributed by atoms with van der Waals surface area (Å²) in [6.07, 6.45) is 12.0. The van der Waals surface area contributed by atoms with Crippen LogP contribution in [-0.4, -0.2) is 37.5 Å². The minimum atomic E-state index is 0.0551. The Morgan fingerprint density at radius 2 is 2.17 bits per heavy atom. The molecule has 0 aromatic heterocycles. The van der Waals surface area contributed by atoms with Gasteiger partial charge in [0, 0.05) is 25.9 Å². The van der Waals surface area contributed by atoms with Crippen molar-refractivity contribution < 1.29 is 9.47 Å². The summed E-state index contributed by atoms with van der Waals surface area (Å²) in [6, 6.07) is 0.722. The Hall–Kier alpha value is -0.560. The zero-order valence-electron chi connectivity index (χ0n) is 11.4. The van der Waals surface area contributed by atoms with Gasteiger partial charge < -0.3 is 14.8 Å². The Labute approximate surface area is 111 Å². The van der Waals surface area contributed by atoms with Crippen LogP contribution in [0, 0.1) is 12.3 Å². The molecule has 3 heteroatoms. The largest absolute Gasteiger partial charge is 0.381 e. The summed E-state index contributed by atoms with van der Waals surface area (Å²) in [5.74, 6) is 2.87. The van der Waals surface area contributed by atoms with E-state index in [0.717, 1.165) is 58.3 Å². The minimum Gasteiger partial charge on any atom is -0.381 e. The molecule has 102 valence electrons. The molecule has 2 rings (SSSR count). The predicted molar refractivity (Wildman–Crippen MR) is 72.4 cm³/mol. The predicted octanol–water partition coefficient (Wildman–Crippen LogP) is 2.11. The van der Waals surface area contributed by atoms with E-state index in [1.165, 1.54) is 0 Å². The molecule has 2 fully saturated rings. The Morgan fingerprint density at radius 1 is 1.39 bits per heavy atom. The first-order valence-electron chi connectivity index (χ1n) is 7.22. The van der Waals surface area contributed by atoms with E-state index >= 15 is 0 Å². The molecule has 0 saturated carbocycles. The van der Waals surface area contributed by atoms with E-state index in [-0.39, 0.29) is 11.6 Å². The van der Waals surface area contributed by atoms with E-state index < -0.39 is 0 Å². The molecule has 2 aliphatic rings. The van der Waals surface area contributed by atoms with Gasteiger partial charge in [0.15, 0.2) is 0 Å². The average molecular weight is 251 g/mol. The van der Waals surface area contributed by atoms with Crippen LogP contribution >= 0.6 is 0 Å². The van der Waals surface area contributed by atoms with E-state index in [9.17, 15) is 0 Å². The zero-order valence-corrected chi connectivity index (χ0v) is 11.4. The molecular formula is C15H25NO2. The topological polar surface area (TPSA) is 30.5 Å². The van der Waals surface area contributed by atoms with Crippen molar-refractivity contribution in [2.75, 3.05) is 19.8 Å². The van der Waals surface area contributed by atoms with Gasteiger partial charge in [0.05, 0.1) is 11.6 Å². The molecule has 0 amide bonds. The summed E-state index contributed by atoms with van der Waals surface area (Å²) in [5.41, 5.74) is 0.0551. The highest BCUT2D eigenvalue weighted by Crippen LogP contribution is 2.34. The van der Waals surface area contributed by atoms with E-state index in [1.807, 2.05) is 0 Å². The van der Waals surface area contributed by atoms with Crippen molar-refractivity contribution in [1.29, 1.82) is 0 Å². The second kappa shape index (κ2) is 6.56. The second-order valence-corrected chi connectivity index (χ2v) is 5.51. The molecule has 3 nitrogen and oxygen atoms in total. The molecule has 0 aromatic carbocycles. The lowest BCUT2D eigenvalue weighted by Crippen LogP contribution is -2.51. The summed E-state index contributed by atoms with van der Waals surface area (Å²) >= 11 is 0. The average Bonchev–Trinajstić information content (AvgIpc) is 2.39.